The monoisotopic (exact) mass is 293 g/mol. The van der Waals surface area contributed by atoms with Crippen LogP contribution in [0, 0.1) is 11.6 Å². The predicted octanol–water partition coefficient (Wildman–Crippen LogP) is 4.19. The largest absolute Gasteiger partial charge is 0.303 e. The van der Waals surface area contributed by atoms with E-state index in [0.717, 1.165) is 18.1 Å². The third kappa shape index (κ3) is 4.09. The van der Waals surface area contributed by atoms with Gasteiger partial charge >= 0.3 is 0 Å². The van der Waals surface area contributed by atoms with Crippen LogP contribution in [0.3, 0.4) is 0 Å². The van der Waals surface area contributed by atoms with E-state index in [0.29, 0.717) is 12.1 Å². The van der Waals surface area contributed by atoms with Gasteiger partial charge in [0.2, 0.25) is 0 Å². The molecule has 0 fully saturated rings. The van der Waals surface area contributed by atoms with Crippen molar-refractivity contribution in [2.45, 2.75) is 25.7 Å². The second-order valence-electron chi connectivity index (χ2n) is 4.73. The van der Waals surface area contributed by atoms with Gasteiger partial charge in [-0.25, -0.2) is 8.78 Å². The van der Waals surface area contributed by atoms with Crippen LogP contribution in [0.15, 0.2) is 42.5 Å². The third-order valence-electron chi connectivity index (χ3n) is 3.17. The Morgan fingerprint density at radius 1 is 1.05 bits per heavy atom. The zero-order chi connectivity index (χ0) is 14.5. The van der Waals surface area contributed by atoms with Crippen LogP contribution in [0.5, 0.6) is 0 Å². The molecule has 0 spiro atoms. The lowest BCUT2D eigenvalue weighted by molar-refractivity contribution is 0.574. The quantitative estimate of drug-likeness (QED) is 0.815. The van der Waals surface area contributed by atoms with Crippen molar-refractivity contribution in [3.05, 3.63) is 70.8 Å². The molecule has 2 atom stereocenters. The molecular weight excluding hydrogens is 275 g/mol. The van der Waals surface area contributed by atoms with Crippen LogP contribution < -0.4 is 5.32 Å². The molecule has 0 radical (unpaired) electrons. The highest BCUT2D eigenvalue weighted by atomic mass is 31.0. The van der Waals surface area contributed by atoms with Crippen LogP contribution >= 0.6 is 9.24 Å². The van der Waals surface area contributed by atoms with Crippen molar-refractivity contribution in [3.8, 4) is 0 Å². The summed E-state index contributed by atoms with van der Waals surface area (Å²) in [5.74, 6) is -1.04. The first-order valence-corrected chi connectivity index (χ1v) is 7.28. The summed E-state index contributed by atoms with van der Waals surface area (Å²) < 4.78 is 26.2. The van der Waals surface area contributed by atoms with Gasteiger partial charge in [0.25, 0.3) is 0 Å². The Morgan fingerprint density at radius 2 is 1.75 bits per heavy atom. The number of rotatable bonds is 5. The van der Waals surface area contributed by atoms with E-state index in [1.54, 1.807) is 0 Å². The van der Waals surface area contributed by atoms with Crippen molar-refractivity contribution < 1.29 is 8.78 Å². The molecule has 2 aromatic carbocycles. The molecule has 1 N–H and O–H groups in total. The van der Waals surface area contributed by atoms with Gasteiger partial charge in [-0.3, -0.25) is 0 Å². The van der Waals surface area contributed by atoms with Gasteiger partial charge in [-0.15, -0.1) is 9.24 Å². The normalized spacial score (nSPS) is 12.4. The molecule has 0 aliphatic rings. The number of nitrogens with one attached hydrogen (secondary N) is 1. The fourth-order valence-electron chi connectivity index (χ4n) is 2.07. The molecule has 4 heteroatoms. The van der Waals surface area contributed by atoms with Crippen molar-refractivity contribution in [2.75, 3.05) is 0 Å². The Labute approximate surface area is 120 Å². The Balaban J connectivity index is 2.02. The molecule has 0 bridgehead atoms. The van der Waals surface area contributed by atoms with Crippen LogP contribution in [0.2, 0.25) is 0 Å². The average molecular weight is 293 g/mol. The number of hydrogen-bond acceptors (Lipinski definition) is 1. The summed E-state index contributed by atoms with van der Waals surface area (Å²) in [5.41, 5.74) is 3.02. The minimum Gasteiger partial charge on any atom is -0.303 e. The zero-order valence-corrected chi connectivity index (χ0v) is 12.5. The van der Waals surface area contributed by atoms with Gasteiger partial charge in [-0.1, -0.05) is 31.2 Å². The number of hydrogen-bond donors (Lipinski definition) is 1. The second-order valence-corrected chi connectivity index (χ2v) is 5.40. The highest BCUT2D eigenvalue weighted by molar-refractivity contribution is 7.17. The average Bonchev–Trinajstić information content (AvgIpc) is 2.44. The molecule has 2 unspecified atom stereocenters. The molecule has 0 heterocycles. The molecule has 2 aromatic rings. The molecule has 0 amide bonds. The van der Waals surface area contributed by atoms with E-state index in [1.165, 1.54) is 17.7 Å². The maximum atomic E-state index is 13.1. The van der Waals surface area contributed by atoms with E-state index < -0.39 is 11.6 Å². The lowest BCUT2D eigenvalue weighted by Gasteiger charge is -2.15. The molecular formula is C16H18F2NP. The van der Waals surface area contributed by atoms with Crippen LogP contribution in [0.4, 0.5) is 8.78 Å². The van der Waals surface area contributed by atoms with Gasteiger partial charge < -0.3 is 5.32 Å². The summed E-state index contributed by atoms with van der Waals surface area (Å²) in [6.45, 7) is 2.53. The van der Waals surface area contributed by atoms with Crippen LogP contribution in [0.25, 0.3) is 0 Å². The maximum Gasteiger partial charge on any atom is 0.126 e. The molecule has 1 nitrogen and oxygen atoms in total. The SMILES string of the molecule is CCc1cccc(C(P)NCc2cc(F)cc(F)c2)c1. The number of benzene rings is 2. The Hall–Kier alpha value is -1.31. The smallest absolute Gasteiger partial charge is 0.126 e. The van der Waals surface area contributed by atoms with E-state index in [2.05, 4.69) is 33.6 Å². The zero-order valence-electron chi connectivity index (χ0n) is 11.4. The van der Waals surface area contributed by atoms with Crippen molar-refractivity contribution in [1.82, 2.24) is 5.32 Å². The van der Waals surface area contributed by atoms with Gasteiger partial charge in [-0.2, -0.15) is 0 Å². The van der Waals surface area contributed by atoms with Crippen molar-refractivity contribution in [2.24, 2.45) is 0 Å². The molecule has 106 valence electrons. The number of aryl methyl sites for hydroxylation is 1. The van der Waals surface area contributed by atoms with E-state index in [1.807, 2.05) is 12.1 Å². The summed E-state index contributed by atoms with van der Waals surface area (Å²) in [6.07, 6.45) is 0.986. The standard InChI is InChI=1S/C16H18F2NP/c1-2-11-4-3-5-13(6-11)16(20)19-10-12-7-14(17)9-15(18)8-12/h3-9,16,19H,2,10,20H2,1H3. The topological polar surface area (TPSA) is 12.0 Å². The molecule has 0 aliphatic carbocycles. The first kappa shape index (κ1) is 15.1. The molecule has 20 heavy (non-hydrogen) atoms. The highest BCUT2D eigenvalue weighted by Crippen LogP contribution is 2.22. The summed E-state index contributed by atoms with van der Waals surface area (Å²) in [4.78, 5) is 0. The van der Waals surface area contributed by atoms with Crippen LogP contribution in [-0.4, -0.2) is 0 Å². The van der Waals surface area contributed by atoms with Gasteiger partial charge in [0.1, 0.15) is 11.6 Å². The second kappa shape index (κ2) is 6.92. The third-order valence-corrected chi connectivity index (χ3v) is 3.79. The Bertz CT molecular complexity index is 566. The van der Waals surface area contributed by atoms with Gasteiger partial charge in [-0.05, 0) is 35.2 Å². The highest BCUT2D eigenvalue weighted by Gasteiger charge is 2.07. The van der Waals surface area contributed by atoms with E-state index in [9.17, 15) is 8.78 Å². The fourth-order valence-corrected chi connectivity index (χ4v) is 2.39. The van der Waals surface area contributed by atoms with Gasteiger partial charge in [0.15, 0.2) is 0 Å². The minimum atomic E-state index is -0.546. The fraction of sp³-hybridized carbons (Fsp3) is 0.250. The number of halogens is 2. The first-order chi connectivity index (χ1) is 9.58. The Morgan fingerprint density at radius 3 is 2.40 bits per heavy atom. The molecule has 0 aliphatic heterocycles. The van der Waals surface area contributed by atoms with Crippen molar-refractivity contribution >= 4 is 9.24 Å². The maximum absolute atomic E-state index is 13.1. The van der Waals surface area contributed by atoms with Crippen LogP contribution in [0.1, 0.15) is 29.4 Å². The lowest BCUT2D eigenvalue weighted by atomic mass is 10.1. The summed E-state index contributed by atoms with van der Waals surface area (Å²) in [7, 11) is 2.71. The summed E-state index contributed by atoms with van der Waals surface area (Å²) in [5, 5.41) is 3.25. The van der Waals surface area contributed by atoms with Gasteiger partial charge in [0.05, 0.1) is 0 Å². The van der Waals surface area contributed by atoms with Crippen LogP contribution in [-0.2, 0) is 13.0 Å². The van der Waals surface area contributed by atoms with Gasteiger partial charge in [0, 0.05) is 18.4 Å². The molecule has 2 rings (SSSR count). The Kier molecular flexibility index (Phi) is 5.22. The molecule has 0 saturated heterocycles. The van der Waals surface area contributed by atoms with E-state index in [-0.39, 0.29) is 5.78 Å². The summed E-state index contributed by atoms with van der Waals surface area (Å²) in [6, 6.07) is 11.8. The predicted molar refractivity (Wildman–Crippen MR) is 81.5 cm³/mol. The molecule has 0 aromatic heterocycles. The van der Waals surface area contributed by atoms with Crippen molar-refractivity contribution in [3.63, 3.8) is 0 Å². The summed E-state index contributed by atoms with van der Waals surface area (Å²) >= 11 is 0. The van der Waals surface area contributed by atoms with E-state index in [4.69, 9.17) is 0 Å². The minimum absolute atomic E-state index is 0.0489. The lowest BCUT2D eigenvalue weighted by Crippen LogP contribution is -2.16. The van der Waals surface area contributed by atoms with E-state index >= 15 is 0 Å². The molecule has 0 saturated carbocycles. The van der Waals surface area contributed by atoms with Crippen molar-refractivity contribution in [1.29, 1.82) is 0 Å². The first-order valence-electron chi connectivity index (χ1n) is 6.61.